The van der Waals surface area contributed by atoms with Crippen LogP contribution in [0.5, 0.6) is 0 Å². The molecule has 6 nitrogen and oxygen atoms in total. The maximum Gasteiger partial charge on any atom is 0.311 e. The van der Waals surface area contributed by atoms with Gasteiger partial charge >= 0.3 is 5.97 Å². The van der Waals surface area contributed by atoms with E-state index in [0.29, 0.717) is 30.5 Å². The van der Waals surface area contributed by atoms with Crippen LogP contribution in [0.2, 0.25) is 0 Å². The van der Waals surface area contributed by atoms with Crippen molar-refractivity contribution >= 4 is 27.8 Å². The van der Waals surface area contributed by atoms with Crippen LogP contribution in [-0.4, -0.2) is 36.7 Å². The highest BCUT2D eigenvalue weighted by Crippen LogP contribution is 2.30. The molecule has 0 radical (unpaired) electrons. The monoisotopic (exact) mass is 331 g/mol. The molecule has 1 aliphatic rings. The number of halogens is 1. The molecule has 2 heterocycles. The van der Waals surface area contributed by atoms with Crippen molar-refractivity contribution < 1.29 is 23.8 Å². The third kappa shape index (κ3) is 2.98. The quantitative estimate of drug-likeness (QED) is 0.875. The fourth-order valence-corrected chi connectivity index (χ4v) is 2.40. The zero-order valence-corrected chi connectivity index (χ0v) is 11.7. The van der Waals surface area contributed by atoms with Crippen molar-refractivity contribution in [2.75, 3.05) is 19.8 Å². The second-order valence-corrected chi connectivity index (χ2v) is 5.33. The van der Waals surface area contributed by atoms with E-state index >= 15 is 0 Å². The topological polar surface area (TPSA) is 88.8 Å². The Morgan fingerprint density at radius 1 is 1.42 bits per heavy atom. The zero-order valence-electron chi connectivity index (χ0n) is 10.1. The number of carbonyl (C=O) groups excluding carboxylic acids is 1. The number of aliphatic carboxylic acids is 1. The van der Waals surface area contributed by atoms with Crippen molar-refractivity contribution in [3.8, 4) is 0 Å². The average Bonchev–Trinajstić information content (AvgIpc) is 2.83. The van der Waals surface area contributed by atoms with Crippen LogP contribution >= 0.6 is 15.9 Å². The Bertz CT molecular complexity index is 478. The van der Waals surface area contributed by atoms with E-state index in [2.05, 4.69) is 21.2 Å². The number of rotatable bonds is 4. The third-order valence-electron chi connectivity index (χ3n) is 3.31. The minimum absolute atomic E-state index is 0.0671. The summed E-state index contributed by atoms with van der Waals surface area (Å²) in [7, 11) is 0. The fraction of sp³-hybridized carbons (Fsp3) is 0.500. The molecule has 104 valence electrons. The molecular formula is C12H14BrNO5. The standard InChI is InChI=1S/C12H14BrNO5/c13-8-1-4-19-9(8)10(15)14-7-12(11(16)17)2-5-18-6-3-12/h1,4H,2-3,5-7H2,(H,14,15)(H,16,17). The van der Waals surface area contributed by atoms with Crippen LogP contribution in [-0.2, 0) is 9.53 Å². The number of carboxylic acid groups (broad SMARTS) is 1. The molecule has 1 aromatic rings. The molecule has 0 spiro atoms. The van der Waals surface area contributed by atoms with Gasteiger partial charge in [-0.15, -0.1) is 0 Å². The lowest BCUT2D eigenvalue weighted by Crippen LogP contribution is -2.46. The highest BCUT2D eigenvalue weighted by Gasteiger charge is 2.40. The van der Waals surface area contributed by atoms with Crippen LogP contribution in [0.25, 0.3) is 0 Å². The molecule has 2 N–H and O–H groups in total. The van der Waals surface area contributed by atoms with Crippen LogP contribution in [0, 0.1) is 5.41 Å². The fourth-order valence-electron chi connectivity index (χ4n) is 2.01. The van der Waals surface area contributed by atoms with Gasteiger partial charge in [0.2, 0.25) is 5.76 Å². The average molecular weight is 332 g/mol. The smallest absolute Gasteiger partial charge is 0.311 e. The summed E-state index contributed by atoms with van der Waals surface area (Å²) in [6.45, 7) is 0.858. The number of furan rings is 1. The molecular weight excluding hydrogens is 318 g/mol. The molecule has 19 heavy (non-hydrogen) atoms. The van der Waals surface area contributed by atoms with E-state index in [-0.39, 0.29) is 12.3 Å². The molecule has 0 aromatic carbocycles. The maximum atomic E-state index is 11.9. The number of hydrogen-bond donors (Lipinski definition) is 2. The molecule has 1 fully saturated rings. The Labute approximate surface area is 118 Å². The number of amides is 1. The Morgan fingerprint density at radius 2 is 2.11 bits per heavy atom. The lowest BCUT2D eigenvalue weighted by molar-refractivity contribution is -0.154. The molecule has 0 aliphatic carbocycles. The van der Waals surface area contributed by atoms with Crippen molar-refractivity contribution in [1.29, 1.82) is 0 Å². The maximum absolute atomic E-state index is 11.9. The van der Waals surface area contributed by atoms with Crippen molar-refractivity contribution in [1.82, 2.24) is 5.32 Å². The van der Waals surface area contributed by atoms with E-state index < -0.39 is 17.3 Å². The molecule has 2 rings (SSSR count). The lowest BCUT2D eigenvalue weighted by atomic mass is 9.80. The summed E-state index contributed by atoms with van der Waals surface area (Å²) >= 11 is 3.18. The first-order chi connectivity index (χ1) is 9.05. The van der Waals surface area contributed by atoms with E-state index in [4.69, 9.17) is 9.15 Å². The van der Waals surface area contributed by atoms with Gasteiger partial charge < -0.3 is 19.6 Å². The van der Waals surface area contributed by atoms with Crippen LogP contribution < -0.4 is 5.32 Å². The Morgan fingerprint density at radius 3 is 2.63 bits per heavy atom. The van der Waals surface area contributed by atoms with E-state index in [1.807, 2.05) is 0 Å². The lowest BCUT2D eigenvalue weighted by Gasteiger charge is -2.32. The van der Waals surface area contributed by atoms with Gasteiger partial charge in [-0.25, -0.2) is 0 Å². The van der Waals surface area contributed by atoms with E-state index in [0.717, 1.165) is 0 Å². The minimum atomic E-state index is -0.951. The van der Waals surface area contributed by atoms with Gasteiger partial charge in [0.25, 0.3) is 5.91 Å². The summed E-state index contributed by atoms with van der Waals surface area (Å²) in [5.41, 5.74) is -0.951. The first-order valence-corrected chi connectivity index (χ1v) is 6.67. The summed E-state index contributed by atoms with van der Waals surface area (Å²) in [6.07, 6.45) is 2.17. The van der Waals surface area contributed by atoms with Crippen molar-refractivity contribution in [3.63, 3.8) is 0 Å². The summed E-state index contributed by atoms with van der Waals surface area (Å²) in [4.78, 5) is 23.3. The van der Waals surface area contributed by atoms with Crippen molar-refractivity contribution in [2.45, 2.75) is 12.8 Å². The first-order valence-electron chi connectivity index (χ1n) is 5.87. The van der Waals surface area contributed by atoms with Gasteiger partial charge in [-0.2, -0.15) is 0 Å². The molecule has 7 heteroatoms. The van der Waals surface area contributed by atoms with E-state index in [1.165, 1.54) is 6.26 Å². The molecule has 0 bridgehead atoms. The largest absolute Gasteiger partial charge is 0.481 e. The predicted octanol–water partition coefficient (Wildman–Crippen LogP) is 1.65. The van der Waals surface area contributed by atoms with Crippen LogP contribution in [0.15, 0.2) is 21.2 Å². The molecule has 1 amide bonds. The van der Waals surface area contributed by atoms with Gasteiger partial charge in [0.1, 0.15) is 0 Å². The second-order valence-electron chi connectivity index (χ2n) is 4.48. The number of carbonyl (C=O) groups is 2. The Kier molecular flexibility index (Phi) is 4.26. The molecule has 0 atom stereocenters. The predicted molar refractivity (Wildman–Crippen MR) is 68.9 cm³/mol. The van der Waals surface area contributed by atoms with E-state index in [9.17, 15) is 14.7 Å². The van der Waals surface area contributed by atoms with Crippen LogP contribution in [0.1, 0.15) is 23.4 Å². The number of ether oxygens (including phenoxy) is 1. The van der Waals surface area contributed by atoms with Crippen molar-refractivity contribution in [2.24, 2.45) is 5.41 Å². The van der Waals surface area contributed by atoms with Crippen molar-refractivity contribution in [3.05, 3.63) is 22.6 Å². The van der Waals surface area contributed by atoms with Gasteiger partial charge in [0, 0.05) is 19.8 Å². The van der Waals surface area contributed by atoms with Gasteiger partial charge in [-0.3, -0.25) is 9.59 Å². The zero-order chi connectivity index (χ0) is 13.9. The van der Waals surface area contributed by atoms with Crippen LogP contribution in [0.4, 0.5) is 0 Å². The summed E-state index contributed by atoms with van der Waals surface area (Å²) in [5, 5.41) is 12.0. The highest BCUT2D eigenvalue weighted by atomic mass is 79.9. The second kappa shape index (κ2) is 5.75. The Balaban J connectivity index is 2.02. The normalized spacial score (nSPS) is 17.9. The molecule has 1 aliphatic heterocycles. The SMILES string of the molecule is O=C(NCC1(C(=O)O)CCOCC1)c1occc1Br. The van der Waals surface area contributed by atoms with Gasteiger partial charge in [0.15, 0.2) is 0 Å². The highest BCUT2D eigenvalue weighted by molar-refractivity contribution is 9.10. The van der Waals surface area contributed by atoms with Crippen LogP contribution in [0.3, 0.4) is 0 Å². The minimum Gasteiger partial charge on any atom is -0.481 e. The molecule has 0 unspecified atom stereocenters. The van der Waals surface area contributed by atoms with Gasteiger partial charge in [0.05, 0.1) is 16.2 Å². The molecule has 1 saturated heterocycles. The number of carboxylic acids is 1. The third-order valence-corrected chi connectivity index (χ3v) is 3.94. The van der Waals surface area contributed by atoms with Gasteiger partial charge in [-0.05, 0) is 34.8 Å². The summed E-state index contributed by atoms with van der Waals surface area (Å²) in [5.74, 6) is -1.19. The Hall–Kier alpha value is -1.34. The van der Waals surface area contributed by atoms with E-state index in [1.54, 1.807) is 6.07 Å². The number of hydrogen-bond acceptors (Lipinski definition) is 4. The first kappa shape index (κ1) is 14.1. The van der Waals surface area contributed by atoms with Gasteiger partial charge in [-0.1, -0.05) is 0 Å². The number of nitrogens with one attached hydrogen (secondary N) is 1. The summed E-state index contributed by atoms with van der Waals surface area (Å²) < 4.78 is 10.7. The summed E-state index contributed by atoms with van der Waals surface area (Å²) in [6, 6.07) is 1.61. The molecule has 1 aromatic heterocycles. The molecule has 0 saturated carbocycles.